The Hall–Kier alpha value is -1.17. The van der Waals surface area contributed by atoms with Crippen molar-refractivity contribution in [2.24, 2.45) is 0 Å². The maximum absolute atomic E-state index is 11.7. The molecule has 176 valence electrons. The first-order valence-electron chi connectivity index (χ1n) is 12.3. The van der Waals surface area contributed by atoms with Crippen LogP contribution >= 0.6 is 12.2 Å². The fourth-order valence-electron chi connectivity index (χ4n) is 3.26. The van der Waals surface area contributed by atoms with Crippen molar-refractivity contribution in [1.82, 2.24) is 10.6 Å². The number of carbonyl (C=O) groups excluding carboxylic acids is 2. The van der Waals surface area contributed by atoms with Crippen molar-refractivity contribution in [3.63, 3.8) is 0 Å². The lowest BCUT2D eigenvalue weighted by molar-refractivity contribution is -0.144. The number of rotatable bonds is 20. The lowest BCUT2D eigenvalue weighted by atomic mass is 10.0. The van der Waals surface area contributed by atoms with Crippen LogP contribution in [-0.2, 0) is 14.3 Å². The van der Waals surface area contributed by atoms with Crippen LogP contribution in [0, 0.1) is 0 Å². The van der Waals surface area contributed by atoms with Gasteiger partial charge in [0.1, 0.15) is 0 Å². The van der Waals surface area contributed by atoms with Gasteiger partial charge >= 0.3 is 5.97 Å². The van der Waals surface area contributed by atoms with E-state index >= 15 is 0 Å². The largest absolute Gasteiger partial charge is 0.466 e. The molecule has 0 saturated heterocycles. The van der Waals surface area contributed by atoms with Gasteiger partial charge in [0.05, 0.1) is 13.0 Å². The number of nitrogens with one attached hydrogen (secondary N) is 2. The summed E-state index contributed by atoms with van der Waals surface area (Å²) in [6, 6.07) is 0. The lowest BCUT2D eigenvalue weighted by Gasteiger charge is -2.09. The number of ether oxygens (including phenoxy) is 1. The summed E-state index contributed by atoms with van der Waals surface area (Å²) in [5.74, 6) is -0.588. The minimum atomic E-state index is -0.340. The number of thiocarbonyl (C=S) groups is 1. The van der Waals surface area contributed by atoms with E-state index in [0.29, 0.717) is 11.7 Å². The molecule has 0 unspecified atom stereocenters. The van der Waals surface area contributed by atoms with Crippen LogP contribution < -0.4 is 10.6 Å². The number of hydrogen-bond acceptors (Lipinski definition) is 4. The first-order valence-corrected chi connectivity index (χ1v) is 12.7. The standard InChI is InChI=1S/C24H46N2O3S/c1-3-5-6-7-8-9-10-11-12-13-14-15-16-17-20-25-24(30)26-22(27)18-19-23(28)29-21-4-2/h3-21H2,1-2H3,(H2,25,26,27,30). The zero-order chi connectivity index (χ0) is 22.3. The fraction of sp³-hybridized carbons (Fsp3) is 0.875. The van der Waals surface area contributed by atoms with Crippen LogP contribution in [0.1, 0.15) is 123 Å². The zero-order valence-electron chi connectivity index (χ0n) is 19.6. The van der Waals surface area contributed by atoms with Crippen LogP contribution in [0.5, 0.6) is 0 Å². The van der Waals surface area contributed by atoms with E-state index in [1.165, 1.54) is 83.5 Å². The van der Waals surface area contributed by atoms with Gasteiger partial charge in [-0.05, 0) is 25.1 Å². The van der Waals surface area contributed by atoms with E-state index in [-0.39, 0.29) is 24.7 Å². The summed E-state index contributed by atoms with van der Waals surface area (Å²) in [4.78, 5) is 23.1. The van der Waals surface area contributed by atoms with E-state index in [1.807, 2.05) is 6.92 Å². The van der Waals surface area contributed by atoms with Crippen LogP contribution in [0.25, 0.3) is 0 Å². The summed E-state index contributed by atoms with van der Waals surface area (Å²) in [5, 5.41) is 6.02. The summed E-state index contributed by atoms with van der Waals surface area (Å²) < 4.78 is 4.94. The molecule has 0 aromatic rings. The Bertz CT molecular complexity index is 444. The minimum absolute atomic E-state index is 0.0907. The summed E-state index contributed by atoms with van der Waals surface area (Å²) >= 11 is 5.12. The first kappa shape index (κ1) is 28.8. The van der Waals surface area contributed by atoms with Gasteiger partial charge in [-0.2, -0.15) is 0 Å². The van der Waals surface area contributed by atoms with Gasteiger partial charge in [0, 0.05) is 13.0 Å². The number of amides is 1. The molecular weight excluding hydrogens is 396 g/mol. The quantitative estimate of drug-likeness (QED) is 0.134. The van der Waals surface area contributed by atoms with Gasteiger partial charge in [-0.25, -0.2) is 0 Å². The Kier molecular flexibility index (Phi) is 21.6. The maximum atomic E-state index is 11.7. The van der Waals surface area contributed by atoms with Crippen LogP contribution in [0.2, 0.25) is 0 Å². The van der Waals surface area contributed by atoms with E-state index in [4.69, 9.17) is 17.0 Å². The molecule has 5 nitrogen and oxygen atoms in total. The smallest absolute Gasteiger partial charge is 0.306 e. The van der Waals surface area contributed by atoms with E-state index in [9.17, 15) is 9.59 Å². The van der Waals surface area contributed by atoms with E-state index in [0.717, 1.165) is 19.4 Å². The molecule has 0 aliphatic rings. The van der Waals surface area contributed by atoms with E-state index < -0.39 is 0 Å². The highest BCUT2D eigenvalue weighted by Gasteiger charge is 2.09. The van der Waals surface area contributed by atoms with E-state index in [2.05, 4.69) is 17.6 Å². The number of hydrogen-bond donors (Lipinski definition) is 2. The lowest BCUT2D eigenvalue weighted by Crippen LogP contribution is -2.39. The molecule has 0 bridgehead atoms. The third kappa shape index (κ3) is 21.5. The normalized spacial score (nSPS) is 10.6. The van der Waals surface area contributed by atoms with Crippen LogP contribution in [0.15, 0.2) is 0 Å². The van der Waals surface area contributed by atoms with Gasteiger partial charge in [0.25, 0.3) is 0 Å². The molecule has 0 atom stereocenters. The molecule has 0 radical (unpaired) electrons. The summed E-state index contributed by atoms with van der Waals surface area (Å²) in [5.41, 5.74) is 0. The molecule has 0 spiro atoms. The predicted molar refractivity (Wildman–Crippen MR) is 130 cm³/mol. The molecule has 0 saturated carbocycles. The molecule has 0 heterocycles. The van der Waals surface area contributed by atoms with Crippen molar-refractivity contribution in [3.05, 3.63) is 0 Å². The summed E-state index contributed by atoms with van der Waals surface area (Å²) in [6.45, 7) is 5.38. The van der Waals surface area contributed by atoms with Crippen LogP contribution in [0.3, 0.4) is 0 Å². The highest BCUT2D eigenvalue weighted by Crippen LogP contribution is 2.12. The second kappa shape index (κ2) is 22.5. The molecule has 2 N–H and O–H groups in total. The molecule has 0 fully saturated rings. The highest BCUT2D eigenvalue weighted by atomic mass is 32.1. The average Bonchev–Trinajstić information content (AvgIpc) is 2.73. The average molecular weight is 443 g/mol. The second-order valence-electron chi connectivity index (χ2n) is 8.12. The van der Waals surface area contributed by atoms with Crippen molar-refractivity contribution in [2.75, 3.05) is 13.2 Å². The molecular formula is C24H46N2O3S. The maximum Gasteiger partial charge on any atom is 0.306 e. The third-order valence-corrected chi connectivity index (χ3v) is 5.34. The Balaban J connectivity index is 3.35. The van der Waals surface area contributed by atoms with Gasteiger partial charge in [0.2, 0.25) is 5.91 Å². The number of carbonyl (C=O) groups is 2. The Labute approximate surface area is 190 Å². The van der Waals surface area contributed by atoms with Gasteiger partial charge in [-0.1, -0.05) is 97.3 Å². The Morgan fingerprint density at radius 3 is 1.70 bits per heavy atom. The second-order valence-corrected chi connectivity index (χ2v) is 8.53. The summed E-state index contributed by atoms with van der Waals surface area (Å²) in [6.07, 6.45) is 19.7. The topological polar surface area (TPSA) is 67.4 Å². The van der Waals surface area contributed by atoms with Crippen molar-refractivity contribution >= 4 is 29.2 Å². The zero-order valence-corrected chi connectivity index (χ0v) is 20.4. The number of esters is 1. The molecule has 6 heteroatoms. The molecule has 0 aliphatic carbocycles. The van der Waals surface area contributed by atoms with Crippen molar-refractivity contribution in [2.45, 2.75) is 123 Å². The molecule has 1 amide bonds. The van der Waals surface area contributed by atoms with Gasteiger partial charge in [-0.15, -0.1) is 0 Å². The van der Waals surface area contributed by atoms with Crippen LogP contribution in [0.4, 0.5) is 0 Å². The van der Waals surface area contributed by atoms with Crippen molar-refractivity contribution < 1.29 is 14.3 Å². The van der Waals surface area contributed by atoms with Crippen molar-refractivity contribution in [3.8, 4) is 0 Å². The van der Waals surface area contributed by atoms with E-state index in [1.54, 1.807) is 0 Å². The molecule has 0 aromatic heterocycles. The summed E-state index contributed by atoms with van der Waals surface area (Å²) in [7, 11) is 0. The predicted octanol–water partition coefficient (Wildman–Crippen LogP) is 6.19. The Morgan fingerprint density at radius 2 is 1.20 bits per heavy atom. The van der Waals surface area contributed by atoms with Crippen molar-refractivity contribution in [1.29, 1.82) is 0 Å². The molecule has 30 heavy (non-hydrogen) atoms. The minimum Gasteiger partial charge on any atom is -0.466 e. The molecule has 0 rings (SSSR count). The monoisotopic (exact) mass is 442 g/mol. The fourth-order valence-corrected chi connectivity index (χ4v) is 3.47. The first-order chi connectivity index (χ1) is 14.6. The number of unbranched alkanes of at least 4 members (excludes halogenated alkanes) is 13. The SMILES string of the molecule is CCCCCCCCCCCCCCCCNC(=S)NC(=O)CCC(=O)OCCC. The van der Waals surface area contributed by atoms with Gasteiger partial charge in [-0.3, -0.25) is 9.59 Å². The highest BCUT2D eigenvalue weighted by molar-refractivity contribution is 7.80. The third-order valence-electron chi connectivity index (χ3n) is 5.09. The van der Waals surface area contributed by atoms with Crippen LogP contribution in [-0.4, -0.2) is 30.1 Å². The van der Waals surface area contributed by atoms with Gasteiger partial charge < -0.3 is 15.4 Å². The Morgan fingerprint density at radius 1 is 0.700 bits per heavy atom. The van der Waals surface area contributed by atoms with Gasteiger partial charge in [0.15, 0.2) is 5.11 Å². The molecule has 0 aromatic carbocycles. The molecule has 0 aliphatic heterocycles.